The number of carbonyl (C=O) groups is 2. The Hall–Kier alpha value is -1.32. The van der Waals surface area contributed by atoms with Gasteiger partial charge in [0.1, 0.15) is 13.2 Å². The highest BCUT2D eigenvalue weighted by Crippen LogP contribution is 2.28. The van der Waals surface area contributed by atoms with Crippen molar-refractivity contribution in [1.82, 2.24) is 10.2 Å². The van der Waals surface area contributed by atoms with Gasteiger partial charge in [-0.1, -0.05) is 48.0 Å². The van der Waals surface area contributed by atoms with E-state index in [-0.39, 0.29) is 11.9 Å². The Morgan fingerprint density at radius 1 is 0.957 bits per heavy atom. The lowest BCUT2D eigenvalue weighted by Gasteiger charge is -2.02. The first-order valence-electron chi connectivity index (χ1n) is 6.64. The van der Waals surface area contributed by atoms with E-state index in [1.165, 1.54) is 34.9 Å². The second-order valence-corrected chi connectivity index (χ2v) is 8.02. The Kier molecular flexibility index (Phi) is 8.97. The van der Waals surface area contributed by atoms with Gasteiger partial charge in [-0.25, -0.2) is 9.59 Å². The molecular formula is C14H18N2O4S3. The largest absolute Gasteiger partial charge is 0.461 e. The topological polar surface area (TPSA) is 78.4 Å². The summed E-state index contributed by atoms with van der Waals surface area (Å²) in [7, 11) is 0. The van der Waals surface area contributed by atoms with E-state index in [1.807, 2.05) is 0 Å². The molecule has 0 aromatic carbocycles. The molecule has 1 rings (SSSR count). The lowest BCUT2D eigenvalue weighted by atomic mass is 10.4. The molecule has 0 saturated heterocycles. The summed E-state index contributed by atoms with van der Waals surface area (Å²) in [5.74, 6) is 0.440. The minimum absolute atomic E-state index is 0.301. The van der Waals surface area contributed by atoms with Crippen LogP contribution in [0.15, 0.2) is 33.0 Å². The van der Waals surface area contributed by atoms with Gasteiger partial charge < -0.3 is 9.47 Å². The van der Waals surface area contributed by atoms with Crippen molar-refractivity contribution in [3.05, 3.63) is 24.3 Å². The zero-order valence-electron chi connectivity index (χ0n) is 13.0. The molecule has 0 aliphatic carbocycles. The van der Waals surface area contributed by atoms with Crippen LogP contribution in [0, 0.1) is 0 Å². The van der Waals surface area contributed by atoms with E-state index in [1.54, 1.807) is 13.8 Å². The van der Waals surface area contributed by atoms with Gasteiger partial charge in [0.2, 0.25) is 0 Å². The summed E-state index contributed by atoms with van der Waals surface area (Å²) < 4.78 is 11.6. The van der Waals surface area contributed by atoms with E-state index in [0.717, 1.165) is 8.68 Å². The number of thioether (sulfide) groups is 2. The SMILES string of the molecule is C=C(C)C(=O)OCCSc1nnc(SCCOC(=O)C(=C)C)s1. The Balaban J connectivity index is 2.19. The fourth-order valence-electron chi connectivity index (χ4n) is 1.09. The van der Waals surface area contributed by atoms with E-state index in [9.17, 15) is 9.59 Å². The highest BCUT2D eigenvalue weighted by atomic mass is 32.2. The molecule has 0 bridgehead atoms. The maximum Gasteiger partial charge on any atom is 0.333 e. The Morgan fingerprint density at radius 3 is 1.70 bits per heavy atom. The van der Waals surface area contributed by atoms with E-state index in [4.69, 9.17) is 9.47 Å². The highest BCUT2D eigenvalue weighted by Gasteiger charge is 2.08. The van der Waals surface area contributed by atoms with Gasteiger partial charge in [-0.05, 0) is 13.8 Å². The van der Waals surface area contributed by atoms with E-state index < -0.39 is 0 Å². The van der Waals surface area contributed by atoms with Crippen LogP contribution in [0.3, 0.4) is 0 Å². The molecule has 1 aromatic rings. The second-order valence-electron chi connectivity index (χ2n) is 4.36. The zero-order chi connectivity index (χ0) is 17.2. The predicted molar refractivity (Wildman–Crippen MR) is 92.9 cm³/mol. The fraction of sp³-hybridized carbons (Fsp3) is 0.429. The van der Waals surface area contributed by atoms with Crippen molar-refractivity contribution in [3.8, 4) is 0 Å². The van der Waals surface area contributed by atoms with Crippen LogP contribution >= 0.6 is 34.9 Å². The molecule has 0 saturated carbocycles. The number of hydrogen-bond donors (Lipinski definition) is 0. The third kappa shape index (κ3) is 8.19. The van der Waals surface area contributed by atoms with Crippen molar-refractivity contribution in [2.75, 3.05) is 24.7 Å². The van der Waals surface area contributed by atoms with Crippen LogP contribution in [-0.2, 0) is 19.1 Å². The van der Waals surface area contributed by atoms with Crippen LogP contribution in [0.4, 0.5) is 0 Å². The average molecular weight is 375 g/mol. The van der Waals surface area contributed by atoms with Gasteiger partial charge in [0.25, 0.3) is 0 Å². The van der Waals surface area contributed by atoms with E-state index in [0.29, 0.717) is 35.9 Å². The molecule has 6 nitrogen and oxygen atoms in total. The minimum Gasteiger partial charge on any atom is -0.461 e. The third-order valence-corrected chi connectivity index (χ3v) is 5.29. The summed E-state index contributed by atoms with van der Waals surface area (Å²) in [4.78, 5) is 22.4. The Labute approximate surface area is 147 Å². The smallest absolute Gasteiger partial charge is 0.333 e. The molecular weight excluding hydrogens is 356 g/mol. The molecule has 0 aliphatic heterocycles. The van der Waals surface area contributed by atoms with E-state index >= 15 is 0 Å². The van der Waals surface area contributed by atoms with Gasteiger partial charge in [-0.3, -0.25) is 0 Å². The summed E-state index contributed by atoms with van der Waals surface area (Å²) in [6.45, 7) is 10.8. The van der Waals surface area contributed by atoms with Crippen LogP contribution < -0.4 is 0 Å². The summed E-state index contributed by atoms with van der Waals surface area (Å²) >= 11 is 4.39. The van der Waals surface area contributed by atoms with Crippen molar-refractivity contribution >= 4 is 46.8 Å². The monoisotopic (exact) mass is 374 g/mol. The number of nitrogens with zero attached hydrogens (tertiary/aromatic N) is 2. The molecule has 1 heterocycles. The van der Waals surface area contributed by atoms with Crippen LogP contribution in [0.2, 0.25) is 0 Å². The van der Waals surface area contributed by atoms with Crippen molar-refractivity contribution in [1.29, 1.82) is 0 Å². The average Bonchev–Trinajstić information content (AvgIpc) is 2.95. The van der Waals surface area contributed by atoms with Gasteiger partial charge in [0.15, 0.2) is 8.68 Å². The van der Waals surface area contributed by atoms with Gasteiger partial charge in [-0.2, -0.15) is 0 Å². The number of hydrogen-bond acceptors (Lipinski definition) is 9. The zero-order valence-corrected chi connectivity index (χ0v) is 15.4. The molecule has 9 heteroatoms. The molecule has 0 radical (unpaired) electrons. The first-order valence-corrected chi connectivity index (χ1v) is 9.43. The van der Waals surface area contributed by atoms with Crippen LogP contribution in [-0.4, -0.2) is 46.9 Å². The van der Waals surface area contributed by atoms with Crippen LogP contribution in [0.25, 0.3) is 0 Å². The normalized spacial score (nSPS) is 10.2. The van der Waals surface area contributed by atoms with Crippen molar-refractivity contribution in [2.24, 2.45) is 0 Å². The van der Waals surface area contributed by atoms with Gasteiger partial charge >= 0.3 is 11.9 Å². The van der Waals surface area contributed by atoms with Crippen molar-refractivity contribution in [2.45, 2.75) is 22.5 Å². The summed E-state index contributed by atoms with van der Waals surface area (Å²) in [5.41, 5.74) is 0.772. The maximum absolute atomic E-state index is 11.2. The molecule has 23 heavy (non-hydrogen) atoms. The number of rotatable bonds is 10. The molecule has 0 aliphatic rings. The Bertz CT molecular complexity index is 538. The van der Waals surface area contributed by atoms with Gasteiger partial charge in [-0.15, -0.1) is 10.2 Å². The van der Waals surface area contributed by atoms with Crippen molar-refractivity contribution in [3.63, 3.8) is 0 Å². The molecule has 0 amide bonds. The fourth-order valence-corrected chi connectivity index (χ4v) is 3.88. The lowest BCUT2D eigenvalue weighted by Crippen LogP contribution is -2.07. The molecule has 1 aromatic heterocycles. The molecule has 0 N–H and O–H groups in total. The molecule has 0 unspecified atom stereocenters. The number of aromatic nitrogens is 2. The molecule has 0 fully saturated rings. The summed E-state index contributed by atoms with van der Waals surface area (Å²) in [6, 6.07) is 0. The van der Waals surface area contributed by atoms with Crippen molar-refractivity contribution < 1.29 is 19.1 Å². The lowest BCUT2D eigenvalue weighted by molar-refractivity contribution is -0.139. The molecule has 126 valence electrons. The quantitative estimate of drug-likeness (QED) is 0.268. The standard InChI is InChI=1S/C14H18N2O4S3/c1-9(2)11(17)19-5-7-21-13-15-16-14(23-13)22-8-6-20-12(18)10(3)4/h1,3,5-8H2,2,4H3. The molecule has 0 spiro atoms. The van der Waals surface area contributed by atoms with E-state index in [2.05, 4.69) is 23.4 Å². The predicted octanol–water partition coefficient (Wildman–Crippen LogP) is 2.96. The maximum atomic E-state index is 11.2. The Morgan fingerprint density at radius 2 is 1.35 bits per heavy atom. The molecule has 0 atom stereocenters. The van der Waals surface area contributed by atoms with Crippen LogP contribution in [0.5, 0.6) is 0 Å². The minimum atomic E-state index is -0.386. The summed E-state index contributed by atoms with van der Waals surface area (Å²) in [6.07, 6.45) is 0. The highest BCUT2D eigenvalue weighted by molar-refractivity contribution is 8.03. The first-order chi connectivity index (χ1) is 10.9. The van der Waals surface area contributed by atoms with Crippen LogP contribution in [0.1, 0.15) is 13.8 Å². The second kappa shape index (κ2) is 10.5. The van der Waals surface area contributed by atoms with Gasteiger partial charge in [0.05, 0.1) is 0 Å². The number of ether oxygens (including phenoxy) is 2. The van der Waals surface area contributed by atoms with Gasteiger partial charge in [0, 0.05) is 22.7 Å². The summed E-state index contributed by atoms with van der Waals surface area (Å²) in [5, 5.41) is 8.08. The number of carbonyl (C=O) groups excluding carboxylic acids is 2. The number of esters is 2. The first kappa shape index (κ1) is 19.7. The third-order valence-electron chi connectivity index (χ3n) is 2.17.